The van der Waals surface area contributed by atoms with Crippen molar-refractivity contribution in [3.8, 4) is 0 Å². The van der Waals surface area contributed by atoms with Gasteiger partial charge in [0.15, 0.2) is 0 Å². The van der Waals surface area contributed by atoms with E-state index in [0.717, 1.165) is 32.2 Å². The molecule has 4 heteroatoms. The smallest absolute Gasteiger partial charge is 0.224 e. The molecule has 21 heavy (non-hydrogen) atoms. The van der Waals surface area contributed by atoms with Gasteiger partial charge in [0.1, 0.15) is 0 Å². The number of nitrogens with two attached hydrogens (primary N) is 1. The Labute approximate surface area is 133 Å². The van der Waals surface area contributed by atoms with Crippen LogP contribution in [-0.2, 0) is 11.3 Å². The van der Waals surface area contributed by atoms with Crippen molar-refractivity contribution < 1.29 is 4.79 Å². The number of amides is 1. The van der Waals surface area contributed by atoms with Crippen LogP contribution in [0.3, 0.4) is 0 Å². The molecule has 1 aromatic carbocycles. The fraction of sp³-hybridized carbons (Fsp3) is 0.588. The summed E-state index contributed by atoms with van der Waals surface area (Å²) >= 11 is 0. The Morgan fingerprint density at radius 1 is 1.38 bits per heavy atom. The average Bonchev–Trinajstić information content (AvgIpc) is 3.18. The second-order valence-corrected chi connectivity index (χ2v) is 6.63. The van der Waals surface area contributed by atoms with Crippen molar-refractivity contribution in [1.29, 1.82) is 0 Å². The molecule has 2 aliphatic rings. The van der Waals surface area contributed by atoms with Crippen molar-refractivity contribution >= 4 is 18.3 Å². The van der Waals surface area contributed by atoms with Crippen LogP contribution < -0.4 is 5.73 Å². The second-order valence-electron chi connectivity index (χ2n) is 6.63. The summed E-state index contributed by atoms with van der Waals surface area (Å²) in [6, 6.07) is 8.89. The van der Waals surface area contributed by atoms with Gasteiger partial charge in [-0.3, -0.25) is 4.79 Å². The van der Waals surface area contributed by atoms with Crippen LogP contribution in [0.4, 0.5) is 0 Å². The molecule has 0 heterocycles. The van der Waals surface area contributed by atoms with Gasteiger partial charge in [-0.1, -0.05) is 29.8 Å². The number of carbonyl (C=O) groups is 1. The van der Waals surface area contributed by atoms with Crippen molar-refractivity contribution in [2.24, 2.45) is 5.73 Å². The number of hydrogen-bond acceptors (Lipinski definition) is 2. The van der Waals surface area contributed by atoms with Crippen LogP contribution in [0.1, 0.15) is 49.7 Å². The van der Waals surface area contributed by atoms with E-state index in [2.05, 4.69) is 36.1 Å². The minimum Gasteiger partial charge on any atom is -0.335 e. The highest BCUT2D eigenvalue weighted by atomic mass is 35.5. The van der Waals surface area contributed by atoms with Gasteiger partial charge in [0.25, 0.3) is 0 Å². The first-order chi connectivity index (χ1) is 9.56. The molecule has 0 aromatic heterocycles. The molecule has 0 atom stereocenters. The Morgan fingerprint density at radius 2 is 2.10 bits per heavy atom. The zero-order chi connectivity index (χ0) is 14.2. The summed E-state index contributed by atoms with van der Waals surface area (Å²) in [5.41, 5.74) is 8.50. The Balaban J connectivity index is 0.00000161. The maximum absolute atomic E-state index is 12.6. The first-order valence-corrected chi connectivity index (χ1v) is 7.70. The molecular formula is C17H25ClN2O. The van der Waals surface area contributed by atoms with E-state index in [1.165, 1.54) is 17.5 Å². The summed E-state index contributed by atoms with van der Waals surface area (Å²) in [6.07, 6.45) is 5.99. The van der Waals surface area contributed by atoms with Crippen molar-refractivity contribution in [3.05, 3.63) is 35.4 Å². The third-order valence-electron chi connectivity index (χ3n) is 4.60. The molecule has 0 unspecified atom stereocenters. The molecule has 1 amide bonds. The van der Waals surface area contributed by atoms with Gasteiger partial charge in [0, 0.05) is 24.5 Å². The third-order valence-corrected chi connectivity index (χ3v) is 4.60. The summed E-state index contributed by atoms with van der Waals surface area (Å²) < 4.78 is 0. The Kier molecular flexibility index (Phi) is 4.95. The van der Waals surface area contributed by atoms with Crippen molar-refractivity contribution in [3.63, 3.8) is 0 Å². The Hall–Kier alpha value is -1.06. The lowest BCUT2D eigenvalue weighted by Gasteiger charge is -2.39. The van der Waals surface area contributed by atoms with Gasteiger partial charge in [-0.25, -0.2) is 0 Å². The van der Waals surface area contributed by atoms with E-state index in [1.54, 1.807) is 0 Å². The zero-order valence-electron chi connectivity index (χ0n) is 12.7. The highest BCUT2D eigenvalue weighted by Gasteiger charge is 2.39. The predicted octanol–water partition coefficient (Wildman–Crippen LogP) is 3.18. The predicted molar refractivity (Wildman–Crippen MR) is 87.4 cm³/mol. The van der Waals surface area contributed by atoms with Gasteiger partial charge in [0.2, 0.25) is 5.91 Å². The molecule has 0 aliphatic heterocycles. The second kappa shape index (κ2) is 6.37. The molecule has 0 saturated heterocycles. The largest absolute Gasteiger partial charge is 0.335 e. The van der Waals surface area contributed by atoms with E-state index < -0.39 is 0 Å². The van der Waals surface area contributed by atoms with Crippen LogP contribution in [0.25, 0.3) is 0 Å². The maximum Gasteiger partial charge on any atom is 0.224 e. The van der Waals surface area contributed by atoms with Crippen molar-refractivity contribution in [2.45, 2.75) is 63.6 Å². The van der Waals surface area contributed by atoms with Gasteiger partial charge < -0.3 is 10.6 Å². The van der Waals surface area contributed by atoms with E-state index in [1.807, 2.05) is 0 Å². The highest BCUT2D eigenvalue weighted by Crippen LogP contribution is 2.35. The normalized spacial score (nSPS) is 19.3. The number of benzene rings is 1. The zero-order valence-corrected chi connectivity index (χ0v) is 13.5. The molecule has 2 N–H and O–H groups in total. The van der Waals surface area contributed by atoms with E-state index in [4.69, 9.17) is 5.73 Å². The van der Waals surface area contributed by atoms with Crippen LogP contribution in [-0.4, -0.2) is 22.4 Å². The lowest BCUT2D eigenvalue weighted by atomic mass is 9.75. The molecule has 0 radical (unpaired) electrons. The summed E-state index contributed by atoms with van der Waals surface area (Å²) in [7, 11) is 0. The topological polar surface area (TPSA) is 46.3 Å². The van der Waals surface area contributed by atoms with E-state index >= 15 is 0 Å². The molecular weight excluding hydrogens is 284 g/mol. The fourth-order valence-corrected chi connectivity index (χ4v) is 3.02. The molecule has 3 rings (SSSR count). The van der Waals surface area contributed by atoms with E-state index in [-0.39, 0.29) is 23.9 Å². The van der Waals surface area contributed by atoms with Gasteiger partial charge >= 0.3 is 0 Å². The van der Waals surface area contributed by atoms with E-state index in [9.17, 15) is 4.79 Å². The number of nitrogens with zero attached hydrogens (tertiary/aromatic N) is 1. The molecule has 2 aliphatic carbocycles. The first kappa shape index (κ1) is 16.3. The average molecular weight is 309 g/mol. The summed E-state index contributed by atoms with van der Waals surface area (Å²) in [4.78, 5) is 14.6. The van der Waals surface area contributed by atoms with Crippen molar-refractivity contribution in [1.82, 2.24) is 4.90 Å². The van der Waals surface area contributed by atoms with Gasteiger partial charge in [0.05, 0.1) is 0 Å². The van der Waals surface area contributed by atoms with Crippen LogP contribution in [0.5, 0.6) is 0 Å². The number of halogens is 1. The number of carbonyl (C=O) groups excluding carboxylic acids is 1. The SMILES string of the molecule is Cc1cccc(CN(C(=O)CC2(N)CCC2)C2CC2)c1.Cl. The van der Waals surface area contributed by atoms with Crippen LogP contribution in [0.15, 0.2) is 24.3 Å². The van der Waals surface area contributed by atoms with Crippen LogP contribution in [0, 0.1) is 6.92 Å². The number of hydrogen-bond donors (Lipinski definition) is 1. The van der Waals surface area contributed by atoms with Gasteiger partial charge in [-0.05, 0) is 44.6 Å². The maximum atomic E-state index is 12.6. The molecule has 116 valence electrons. The highest BCUT2D eigenvalue weighted by molar-refractivity contribution is 5.85. The molecule has 0 spiro atoms. The standard InChI is InChI=1S/C17H24N2O.ClH/c1-13-4-2-5-14(10-13)12-19(15-6-7-15)16(20)11-17(18)8-3-9-17;/h2,4-5,10,15H,3,6-9,11-12,18H2,1H3;1H. The molecule has 0 bridgehead atoms. The lowest BCUT2D eigenvalue weighted by Crippen LogP contribution is -2.50. The fourth-order valence-electron chi connectivity index (χ4n) is 3.02. The van der Waals surface area contributed by atoms with Crippen molar-refractivity contribution in [2.75, 3.05) is 0 Å². The summed E-state index contributed by atoms with van der Waals surface area (Å²) in [5, 5.41) is 0. The van der Waals surface area contributed by atoms with E-state index in [0.29, 0.717) is 12.5 Å². The Bertz CT molecular complexity index is 509. The Morgan fingerprint density at radius 3 is 2.62 bits per heavy atom. The minimum absolute atomic E-state index is 0. The lowest BCUT2D eigenvalue weighted by molar-refractivity contribution is -0.134. The molecule has 2 saturated carbocycles. The molecule has 1 aromatic rings. The first-order valence-electron chi connectivity index (χ1n) is 7.70. The summed E-state index contributed by atoms with van der Waals surface area (Å²) in [6.45, 7) is 2.83. The molecule has 2 fully saturated rings. The van der Waals surface area contributed by atoms with Crippen LogP contribution in [0.2, 0.25) is 0 Å². The minimum atomic E-state index is -0.211. The monoisotopic (exact) mass is 308 g/mol. The number of rotatable bonds is 5. The van der Waals surface area contributed by atoms with Gasteiger partial charge in [-0.15, -0.1) is 12.4 Å². The van der Waals surface area contributed by atoms with Crippen LogP contribution >= 0.6 is 12.4 Å². The molecule has 3 nitrogen and oxygen atoms in total. The van der Waals surface area contributed by atoms with Gasteiger partial charge in [-0.2, -0.15) is 0 Å². The summed E-state index contributed by atoms with van der Waals surface area (Å²) in [5.74, 6) is 0.246. The quantitative estimate of drug-likeness (QED) is 0.908. The number of aryl methyl sites for hydroxylation is 1. The third kappa shape index (κ3) is 3.98.